The van der Waals surface area contributed by atoms with Crippen LogP contribution in [0.5, 0.6) is 0 Å². The highest BCUT2D eigenvalue weighted by Crippen LogP contribution is 2.54. The van der Waals surface area contributed by atoms with Gasteiger partial charge in [0.05, 0.1) is 20.3 Å². The second kappa shape index (κ2) is 7.71. The Labute approximate surface area is 192 Å². The monoisotopic (exact) mass is 496 g/mol. The highest BCUT2D eigenvalue weighted by Gasteiger charge is 2.70. The second-order valence-corrected chi connectivity index (χ2v) is 12.0. The van der Waals surface area contributed by atoms with Crippen molar-refractivity contribution in [2.45, 2.75) is 59.5 Å². The molecule has 0 aliphatic carbocycles. The Bertz CT molecular complexity index is 890. The van der Waals surface area contributed by atoms with E-state index in [0.29, 0.717) is 4.90 Å². The lowest BCUT2D eigenvalue weighted by Crippen LogP contribution is -2.78. The zero-order valence-electron chi connectivity index (χ0n) is 16.0. The van der Waals surface area contributed by atoms with Crippen LogP contribution in [0.3, 0.4) is 0 Å². The third-order valence-electron chi connectivity index (χ3n) is 5.03. The van der Waals surface area contributed by atoms with Gasteiger partial charge in [0.15, 0.2) is 0 Å². The largest absolute Gasteiger partial charge is 0.480 e. The van der Waals surface area contributed by atoms with Gasteiger partial charge < -0.3 is 15.3 Å². The van der Waals surface area contributed by atoms with Gasteiger partial charge in [0.2, 0.25) is 5.91 Å². The summed E-state index contributed by atoms with van der Waals surface area (Å²) >= 11 is 20.6. The molecule has 0 radical (unpaired) electrons. The predicted octanol–water partition coefficient (Wildman–Crippen LogP) is 4.15. The summed E-state index contributed by atoms with van der Waals surface area (Å²) in [6.07, 6.45) is 0. The number of aliphatic carboxylic acids is 1. The van der Waals surface area contributed by atoms with Crippen LogP contribution in [0.1, 0.15) is 27.7 Å². The van der Waals surface area contributed by atoms with Gasteiger partial charge in [-0.3, -0.25) is 9.59 Å². The normalized spacial score (nSPS) is 28.5. The molecule has 0 bridgehead atoms. The number of fused-ring (bicyclic) bond motifs is 1. The van der Waals surface area contributed by atoms with Gasteiger partial charge in [0.25, 0.3) is 5.91 Å². The quantitative estimate of drug-likeness (QED) is 0.361. The Morgan fingerprint density at radius 2 is 1.79 bits per heavy atom. The molecule has 0 aromatic heterocycles. The van der Waals surface area contributed by atoms with Gasteiger partial charge in [-0.15, -0.1) is 23.5 Å². The molecule has 6 nitrogen and oxygen atoms in total. The number of amides is 2. The molecule has 2 aliphatic rings. The molecular weight excluding hydrogens is 479 g/mol. The van der Waals surface area contributed by atoms with Crippen LogP contribution in [0.2, 0.25) is 15.1 Å². The molecular formula is C18H19Cl3N2O4S2. The van der Waals surface area contributed by atoms with Crippen LogP contribution >= 0.6 is 58.3 Å². The van der Waals surface area contributed by atoms with Crippen molar-refractivity contribution in [3.05, 3.63) is 27.2 Å². The van der Waals surface area contributed by atoms with Crippen LogP contribution in [0.4, 0.5) is 0 Å². The maximum absolute atomic E-state index is 12.8. The predicted molar refractivity (Wildman–Crippen MR) is 117 cm³/mol. The van der Waals surface area contributed by atoms with Crippen LogP contribution in [0.15, 0.2) is 17.0 Å². The smallest absolute Gasteiger partial charge is 0.327 e. The van der Waals surface area contributed by atoms with E-state index in [9.17, 15) is 19.5 Å². The standard InChI is InChI=1S/C18H19Cl3N2O4S2/c1-7(28-8-5-9(19)11(21)10(20)6-8)13(24)22-18(4)15(27)23-12(14(25)26)17(2,3)29-16(18)23/h5-7,12,16H,1-4H3,(H,22,24)(H,25,26)/t7?,12-,16+,18-/m0/s1. The fourth-order valence-corrected chi connectivity index (χ4v) is 6.87. The average Bonchev–Trinajstić information content (AvgIpc) is 2.88. The number of thioether (sulfide) groups is 2. The number of carbonyl (C=O) groups excluding carboxylic acids is 2. The summed E-state index contributed by atoms with van der Waals surface area (Å²) in [7, 11) is 0. The molecule has 1 unspecified atom stereocenters. The van der Waals surface area contributed by atoms with E-state index in [2.05, 4.69) is 5.32 Å². The van der Waals surface area contributed by atoms with Crippen molar-refractivity contribution in [2.24, 2.45) is 0 Å². The molecule has 2 saturated heterocycles. The van der Waals surface area contributed by atoms with Gasteiger partial charge in [-0.2, -0.15) is 0 Å². The van der Waals surface area contributed by atoms with Gasteiger partial charge >= 0.3 is 5.97 Å². The van der Waals surface area contributed by atoms with Crippen LogP contribution in [0, 0.1) is 0 Å². The number of hydrogen-bond donors (Lipinski definition) is 2. The van der Waals surface area contributed by atoms with Crippen LogP contribution < -0.4 is 5.32 Å². The zero-order valence-corrected chi connectivity index (χ0v) is 19.9. The summed E-state index contributed by atoms with van der Waals surface area (Å²) in [5, 5.41) is 12.2. The van der Waals surface area contributed by atoms with E-state index in [0.717, 1.165) is 0 Å². The molecule has 0 spiro atoms. The third kappa shape index (κ3) is 3.82. The van der Waals surface area contributed by atoms with E-state index in [1.165, 1.54) is 28.4 Å². The first-order valence-electron chi connectivity index (χ1n) is 8.66. The fraction of sp³-hybridized carbons (Fsp3) is 0.500. The summed E-state index contributed by atoms with van der Waals surface area (Å²) in [6, 6.07) is 2.31. The first-order chi connectivity index (χ1) is 13.3. The molecule has 158 valence electrons. The summed E-state index contributed by atoms with van der Waals surface area (Å²) in [6.45, 7) is 6.91. The van der Waals surface area contributed by atoms with Gasteiger partial charge in [0, 0.05) is 9.64 Å². The van der Waals surface area contributed by atoms with Gasteiger partial charge in [0.1, 0.15) is 17.0 Å². The minimum Gasteiger partial charge on any atom is -0.480 e. The van der Waals surface area contributed by atoms with Gasteiger partial charge in [-0.05, 0) is 39.8 Å². The summed E-state index contributed by atoms with van der Waals surface area (Å²) < 4.78 is -0.661. The number of halogens is 3. The maximum Gasteiger partial charge on any atom is 0.327 e. The molecule has 2 heterocycles. The first kappa shape index (κ1) is 22.9. The lowest BCUT2D eigenvalue weighted by molar-refractivity contribution is -0.167. The molecule has 11 heteroatoms. The molecule has 29 heavy (non-hydrogen) atoms. The SMILES string of the molecule is CC(Sc1cc(Cl)c(Cl)c(Cl)c1)C(=O)N[C@@]1(C)C(=O)N2[C@@H](C(=O)O)C(C)(C)S[C@@H]21. The lowest BCUT2D eigenvalue weighted by Gasteiger charge is -2.51. The minimum atomic E-state index is -1.16. The van der Waals surface area contributed by atoms with E-state index in [1.807, 2.05) is 0 Å². The number of benzene rings is 1. The zero-order chi connectivity index (χ0) is 21.9. The van der Waals surface area contributed by atoms with E-state index >= 15 is 0 Å². The molecule has 4 atom stereocenters. The lowest BCUT2D eigenvalue weighted by atomic mass is 9.86. The molecule has 0 saturated carbocycles. The van der Waals surface area contributed by atoms with E-state index < -0.39 is 38.8 Å². The van der Waals surface area contributed by atoms with E-state index in [-0.39, 0.29) is 21.0 Å². The van der Waals surface area contributed by atoms with Crippen LogP contribution in [0.25, 0.3) is 0 Å². The minimum absolute atomic E-state index is 0.247. The Kier molecular flexibility index (Phi) is 6.08. The topological polar surface area (TPSA) is 86.7 Å². The molecule has 1 aromatic carbocycles. The van der Waals surface area contributed by atoms with Crippen molar-refractivity contribution in [2.75, 3.05) is 0 Å². The number of hydrogen-bond acceptors (Lipinski definition) is 5. The number of nitrogens with zero attached hydrogens (tertiary/aromatic N) is 1. The average molecular weight is 498 g/mol. The van der Waals surface area contributed by atoms with Crippen molar-refractivity contribution >= 4 is 76.1 Å². The van der Waals surface area contributed by atoms with E-state index in [1.54, 1.807) is 39.8 Å². The number of nitrogens with one attached hydrogen (secondary N) is 1. The highest BCUT2D eigenvalue weighted by molar-refractivity contribution is 8.01. The van der Waals surface area contributed by atoms with Crippen molar-refractivity contribution in [1.82, 2.24) is 10.2 Å². The number of carbonyl (C=O) groups is 3. The third-order valence-corrected chi connectivity index (χ3v) is 9.06. The number of carboxylic acid groups (broad SMARTS) is 1. The Morgan fingerprint density at radius 3 is 2.31 bits per heavy atom. The van der Waals surface area contributed by atoms with Crippen LogP contribution in [-0.2, 0) is 14.4 Å². The highest BCUT2D eigenvalue weighted by atomic mass is 35.5. The number of carboxylic acids is 1. The summed E-state index contributed by atoms with van der Waals surface area (Å²) in [5.41, 5.74) is -1.16. The van der Waals surface area contributed by atoms with Crippen molar-refractivity contribution in [3.63, 3.8) is 0 Å². The van der Waals surface area contributed by atoms with Gasteiger partial charge in [-0.25, -0.2) is 4.79 Å². The Morgan fingerprint density at radius 1 is 1.24 bits per heavy atom. The molecule has 2 amide bonds. The number of β-lactam (4-membered cyclic amide) rings is 1. The van der Waals surface area contributed by atoms with Crippen molar-refractivity contribution in [1.29, 1.82) is 0 Å². The summed E-state index contributed by atoms with van der Waals surface area (Å²) in [4.78, 5) is 39.2. The molecule has 1 aromatic rings. The first-order valence-corrected chi connectivity index (χ1v) is 11.6. The molecule has 2 aliphatic heterocycles. The summed E-state index contributed by atoms with van der Waals surface area (Å²) in [5.74, 6) is -1.78. The second-order valence-electron chi connectivity index (χ2n) is 7.68. The molecule has 2 N–H and O–H groups in total. The van der Waals surface area contributed by atoms with Crippen molar-refractivity contribution < 1.29 is 19.5 Å². The van der Waals surface area contributed by atoms with E-state index in [4.69, 9.17) is 34.8 Å². The maximum atomic E-state index is 12.8. The molecule has 3 rings (SSSR count). The molecule has 2 fully saturated rings. The fourth-order valence-electron chi connectivity index (χ4n) is 3.55. The Hall–Kier alpha value is -0.800. The Balaban J connectivity index is 1.72. The number of rotatable bonds is 5. The van der Waals surface area contributed by atoms with Gasteiger partial charge in [-0.1, -0.05) is 34.8 Å². The van der Waals surface area contributed by atoms with Crippen LogP contribution in [-0.4, -0.2) is 54.7 Å². The van der Waals surface area contributed by atoms with Crippen molar-refractivity contribution in [3.8, 4) is 0 Å².